The highest BCUT2D eigenvalue weighted by Gasteiger charge is 2.17. The number of rotatable bonds is 7. The smallest absolute Gasteiger partial charge is 0.228 e. The Morgan fingerprint density at radius 3 is 2.89 bits per heavy atom. The normalized spacial score (nSPS) is 10.9. The minimum absolute atomic E-state index is 0.104. The summed E-state index contributed by atoms with van der Waals surface area (Å²) in [6.07, 6.45) is 2.08. The summed E-state index contributed by atoms with van der Waals surface area (Å²) in [6, 6.07) is 1.99. The van der Waals surface area contributed by atoms with Crippen LogP contribution < -0.4 is 5.32 Å². The van der Waals surface area contributed by atoms with Crippen molar-refractivity contribution in [2.45, 2.75) is 40.3 Å². The van der Waals surface area contributed by atoms with Gasteiger partial charge in [-0.2, -0.15) is 10.2 Å². The molecule has 0 aliphatic carbocycles. The summed E-state index contributed by atoms with van der Waals surface area (Å²) in [5, 5.41) is 14.9. The van der Waals surface area contributed by atoms with Gasteiger partial charge >= 0.3 is 0 Å². The van der Waals surface area contributed by atoms with E-state index in [0.29, 0.717) is 35.2 Å². The zero-order chi connectivity index (χ0) is 19.6. The molecule has 0 bridgehead atoms. The van der Waals surface area contributed by atoms with Gasteiger partial charge in [-0.3, -0.25) is 19.1 Å². The molecular weight excluding hydrogens is 382 g/mol. The van der Waals surface area contributed by atoms with E-state index in [1.54, 1.807) is 6.08 Å². The summed E-state index contributed by atoms with van der Waals surface area (Å²) in [5.41, 5.74) is 2.77. The van der Waals surface area contributed by atoms with Crippen LogP contribution in [0.1, 0.15) is 23.5 Å². The molecule has 3 aromatic rings. The van der Waals surface area contributed by atoms with Crippen molar-refractivity contribution in [2.24, 2.45) is 0 Å². The van der Waals surface area contributed by atoms with Crippen molar-refractivity contribution in [3.8, 4) is 10.7 Å². The number of nitrogens with one attached hydrogen (secondary N) is 2. The van der Waals surface area contributed by atoms with Gasteiger partial charge in [0.25, 0.3) is 0 Å². The summed E-state index contributed by atoms with van der Waals surface area (Å²) < 4.78 is 4.20. The molecule has 3 heterocycles. The lowest BCUT2D eigenvalue weighted by atomic mass is 10.3. The first-order chi connectivity index (χ1) is 12.9. The number of hydrogen-bond donors (Lipinski definition) is 2. The molecule has 0 aliphatic heterocycles. The Kier molecular flexibility index (Phi) is 5.66. The van der Waals surface area contributed by atoms with E-state index in [1.165, 1.54) is 11.3 Å². The Hall–Kier alpha value is -2.59. The highest BCUT2D eigenvalue weighted by atomic mass is 32.1. The summed E-state index contributed by atoms with van der Waals surface area (Å²) >= 11 is 6.63. The van der Waals surface area contributed by atoms with Gasteiger partial charge < -0.3 is 5.32 Å². The van der Waals surface area contributed by atoms with Crippen LogP contribution in [0, 0.1) is 25.5 Å². The Bertz CT molecular complexity index is 1040. The van der Waals surface area contributed by atoms with E-state index in [4.69, 9.17) is 12.2 Å². The summed E-state index contributed by atoms with van der Waals surface area (Å²) in [5.74, 6) is 0.589. The number of amides is 1. The van der Waals surface area contributed by atoms with E-state index >= 15 is 0 Å². The molecule has 10 heteroatoms. The van der Waals surface area contributed by atoms with E-state index in [2.05, 4.69) is 32.2 Å². The lowest BCUT2D eigenvalue weighted by Gasteiger charge is -2.04. The predicted molar refractivity (Wildman–Crippen MR) is 108 cm³/mol. The molecule has 3 rings (SSSR count). The van der Waals surface area contributed by atoms with Crippen LogP contribution in [-0.2, 0) is 17.9 Å². The third kappa shape index (κ3) is 4.22. The van der Waals surface area contributed by atoms with Gasteiger partial charge in [0.1, 0.15) is 0 Å². The number of carbonyl (C=O) groups is 1. The largest absolute Gasteiger partial charge is 0.302 e. The molecule has 8 nitrogen and oxygen atoms in total. The number of allylic oxidation sites excluding steroid dienone is 1. The van der Waals surface area contributed by atoms with Crippen molar-refractivity contribution in [1.82, 2.24) is 29.5 Å². The molecule has 1 amide bonds. The Labute approximate surface area is 166 Å². The first-order valence-electron chi connectivity index (χ1n) is 8.44. The van der Waals surface area contributed by atoms with Crippen LogP contribution in [0.2, 0.25) is 0 Å². The first-order valence-corrected chi connectivity index (χ1v) is 9.66. The molecule has 142 valence electrons. The zero-order valence-corrected chi connectivity index (χ0v) is 17.1. The molecule has 0 aliphatic rings. The molecule has 0 radical (unpaired) electrons. The maximum Gasteiger partial charge on any atom is 0.228 e. The fourth-order valence-corrected chi connectivity index (χ4v) is 3.93. The number of carbonyl (C=O) groups excluding carboxylic acids is 1. The van der Waals surface area contributed by atoms with Crippen molar-refractivity contribution in [3.05, 3.63) is 40.6 Å². The quantitative estimate of drug-likeness (QED) is 0.466. The second-order valence-electron chi connectivity index (χ2n) is 6.13. The molecule has 3 aromatic heterocycles. The molecule has 0 aromatic carbocycles. The molecule has 27 heavy (non-hydrogen) atoms. The molecule has 0 fully saturated rings. The lowest BCUT2D eigenvalue weighted by Crippen LogP contribution is -2.15. The number of aryl methyl sites for hydroxylation is 4. The number of nitrogens with zero attached hydrogens (tertiary/aromatic N) is 5. The highest BCUT2D eigenvalue weighted by molar-refractivity contribution is 7.71. The van der Waals surface area contributed by atoms with Crippen LogP contribution in [0.25, 0.3) is 10.7 Å². The van der Waals surface area contributed by atoms with Crippen LogP contribution in [0.3, 0.4) is 0 Å². The fraction of sp³-hybridized carbons (Fsp3) is 0.353. The average molecular weight is 404 g/mol. The summed E-state index contributed by atoms with van der Waals surface area (Å²) in [4.78, 5) is 17.6. The fourth-order valence-electron chi connectivity index (χ4n) is 2.74. The van der Waals surface area contributed by atoms with Gasteiger partial charge in [0.15, 0.2) is 15.7 Å². The highest BCUT2D eigenvalue weighted by Crippen LogP contribution is 2.31. The second-order valence-corrected chi connectivity index (χ2v) is 7.52. The predicted octanol–water partition coefficient (Wildman–Crippen LogP) is 3.40. The van der Waals surface area contributed by atoms with E-state index in [1.807, 2.05) is 36.1 Å². The van der Waals surface area contributed by atoms with Crippen LogP contribution in [-0.4, -0.2) is 35.4 Å². The van der Waals surface area contributed by atoms with Crippen molar-refractivity contribution in [2.75, 3.05) is 5.32 Å². The van der Waals surface area contributed by atoms with Gasteiger partial charge in [-0.05, 0) is 39.1 Å². The number of aromatic nitrogens is 6. The summed E-state index contributed by atoms with van der Waals surface area (Å²) in [7, 11) is 0. The van der Waals surface area contributed by atoms with E-state index < -0.39 is 0 Å². The van der Waals surface area contributed by atoms with Gasteiger partial charge in [0.05, 0.1) is 16.3 Å². The maximum atomic E-state index is 12.3. The molecule has 0 spiro atoms. The molecule has 2 N–H and O–H groups in total. The van der Waals surface area contributed by atoms with Gasteiger partial charge in [0, 0.05) is 25.2 Å². The van der Waals surface area contributed by atoms with Crippen LogP contribution in [0.15, 0.2) is 18.7 Å². The number of thiazole rings is 1. The third-order valence-corrected chi connectivity index (χ3v) is 5.35. The second kappa shape index (κ2) is 7.97. The molecule has 0 saturated carbocycles. The standard InChI is InChI=1S/C17H21N7OS2/c1-5-7-23-15(20-21-17(23)26)14-12(4)18-16(27-14)19-13(25)6-8-24-11(3)9-10(2)22-24/h5,9H,1,6-8H2,2-4H3,(H,21,26)(H,18,19,25). The molecular formula is C17H21N7OS2. The number of H-pyrrole nitrogens is 1. The van der Waals surface area contributed by atoms with E-state index in [0.717, 1.165) is 22.0 Å². The minimum Gasteiger partial charge on any atom is -0.302 e. The van der Waals surface area contributed by atoms with E-state index in [9.17, 15) is 4.79 Å². The van der Waals surface area contributed by atoms with Crippen LogP contribution >= 0.6 is 23.6 Å². The van der Waals surface area contributed by atoms with Gasteiger partial charge in [-0.25, -0.2) is 4.98 Å². The van der Waals surface area contributed by atoms with Crippen LogP contribution in [0.5, 0.6) is 0 Å². The monoisotopic (exact) mass is 403 g/mol. The van der Waals surface area contributed by atoms with Crippen molar-refractivity contribution < 1.29 is 4.79 Å². The zero-order valence-electron chi connectivity index (χ0n) is 15.4. The topological polar surface area (TPSA) is 93.4 Å². The van der Waals surface area contributed by atoms with Gasteiger partial charge in [0.2, 0.25) is 5.91 Å². The van der Waals surface area contributed by atoms with Gasteiger partial charge in [-0.15, -0.1) is 6.58 Å². The van der Waals surface area contributed by atoms with E-state index in [-0.39, 0.29) is 5.91 Å². The van der Waals surface area contributed by atoms with Crippen molar-refractivity contribution in [3.63, 3.8) is 0 Å². The third-order valence-electron chi connectivity index (χ3n) is 3.97. The molecule has 0 atom stereocenters. The average Bonchev–Trinajstić information content (AvgIpc) is 3.24. The number of hydrogen-bond acceptors (Lipinski definition) is 6. The first kappa shape index (κ1) is 19.2. The number of aromatic amines is 1. The minimum atomic E-state index is -0.104. The Morgan fingerprint density at radius 1 is 1.44 bits per heavy atom. The Morgan fingerprint density at radius 2 is 2.22 bits per heavy atom. The van der Waals surface area contributed by atoms with Crippen molar-refractivity contribution >= 4 is 34.6 Å². The maximum absolute atomic E-state index is 12.3. The molecule has 0 unspecified atom stereocenters. The summed E-state index contributed by atoms with van der Waals surface area (Å²) in [6.45, 7) is 10.6. The molecule has 0 saturated heterocycles. The number of anilines is 1. The van der Waals surface area contributed by atoms with Crippen molar-refractivity contribution in [1.29, 1.82) is 0 Å². The SMILES string of the molecule is C=CCn1c(-c2sc(NC(=O)CCn3nc(C)cc3C)nc2C)n[nH]c1=S. The Balaban J connectivity index is 1.71. The lowest BCUT2D eigenvalue weighted by molar-refractivity contribution is -0.116. The van der Waals surface area contributed by atoms with Gasteiger partial charge in [-0.1, -0.05) is 17.4 Å². The van der Waals surface area contributed by atoms with Crippen LogP contribution in [0.4, 0.5) is 5.13 Å².